The van der Waals surface area contributed by atoms with Crippen LogP contribution >= 0.6 is 0 Å². The SMILES string of the molecule is COc1ccc(N)cc1OCc1ccc(C)c(C)c1. The normalized spacial score (nSPS) is 10.3. The van der Waals surface area contributed by atoms with Crippen LogP contribution in [-0.2, 0) is 6.61 Å². The predicted octanol–water partition coefficient (Wildman–Crippen LogP) is 3.47. The highest BCUT2D eigenvalue weighted by atomic mass is 16.5. The van der Waals surface area contributed by atoms with E-state index in [1.54, 1.807) is 19.2 Å². The van der Waals surface area contributed by atoms with E-state index >= 15 is 0 Å². The molecule has 0 unspecified atom stereocenters. The van der Waals surface area contributed by atoms with Gasteiger partial charge in [-0.15, -0.1) is 0 Å². The average molecular weight is 257 g/mol. The second kappa shape index (κ2) is 5.65. The molecule has 3 heteroatoms. The summed E-state index contributed by atoms with van der Waals surface area (Å²) in [6, 6.07) is 11.7. The van der Waals surface area contributed by atoms with E-state index in [-0.39, 0.29) is 0 Å². The standard InChI is InChI=1S/C16H19NO2/c1-11-4-5-13(8-12(11)2)10-19-16-9-14(17)6-7-15(16)18-3/h4-9H,10,17H2,1-3H3. The molecule has 2 N–H and O–H groups in total. The third kappa shape index (κ3) is 3.19. The van der Waals surface area contributed by atoms with Crippen LogP contribution in [0.15, 0.2) is 36.4 Å². The van der Waals surface area contributed by atoms with Gasteiger partial charge in [-0.2, -0.15) is 0 Å². The molecule has 0 saturated heterocycles. The van der Waals surface area contributed by atoms with Gasteiger partial charge < -0.3 is 15.2 Å². The molecule has 100 valence electrons. The van der Waals surface area contributed by atoms with E-state index in [9.17, 15) is 0 Å². The summed E-state index contributed by atoms with van der Waals surface area (Å²) in [6.07, 6.45) is 0. The lowest BCUT2D eigenvalue weighted by atomic mass is 10.1. The monoisotopic (exact) mass is 257 g/mol. The first kappa shape index (κ1) is 13.3. The molecular formula is C16H19NO2. The van der Waals surface area contributed by atoms with Crippen molar-refractivity contribution in [3.63, 3.8) is 0 Å². The van der Waals surface area contributed by atoms with Gasteiger partial charge in [0.1, 0.15) is 6.61 Å². The Kier molecular flexibility index (Phi) is 3.95. The van der Waals surface area contributed by atoms with E-state index in [0.717, 1.165) is 5.56 Å². The number of hydrogen-bond donors (Lipinski definition) is 1. The van der Waals surface area contributed by atoms with Crippen molar-refractivity contribution in [3.05, 3.63) is 53.1 Å². The molecule has 0 radical (unpaired) electrons. The van der Waals surface area contributed by atoms with Crippen LogP contribution in [-0.4, -0.2) is 7.11 Å². The summed E-state index contributed by atoms with van der Waals surface area (Å²) in [7, 11) is 1.62. The first-order chi connectivity index (χ1) is 9.10. The molecule has 0 bridgehead atoms. The highest BCUT2D eigenvalue weighted by Crippen LogP contribution is 2.29. The summed E-state index contributed by atoms with van der Waals surface area (Å²) in [5.74, 6) is 1.36. The second-order valence-electron chi connectivity index (χ2n) is 4.62. The fraction of sp³-hybridized carbons (Fsp3) is 0.250. The van der Waals surface area contributed by atoms with Gasteiger partial charge >= 0.3 is 0 Å². The van der Waals surface area contributed by atoms with Gasteiger partial charge in [0.25, 0.3) is 0 Å². The highest BCUT2D eigenvalue weighted by Gasteiger charge is 2.05. The van der Waals surface area contributed by atoms with Crippen LogP contribution in [0.25, 0.3) is 0 Å². The van der Waals surface area contributed by atoms with Gasteiger partial charge in [0.2, 0.25) is 0 Å². The van der Waals surface area contributed by atoms with Crippen LogP contribution < -0.4 is 15.2 Å². The van der Waals surface area contributed by atoms with Gasteiger partial charge in [-0.05, 0) is 42.7 Å². The molecule has 19 heavy (non-hydrogen) atoms. The summed E-state index contributed by atoms with van der Waals surface area (Å²) >= 11 is 0. The van der Waals surface area contributed by atoms with Crippen LogP contribution in [0.3, 0.4) is 0 Å². The molecule has 2 aromatic carbocycles. The van der Waals surface area contributed by atoms with E-state index < -0.39 is 0 Å². The van der Waals surface area contributed by atoms with Gasteiger partial charge in [-0.3, -0.25) is 0 Å². The average Bonchev–Trinajstić information content (AvgIpc) is 2.40. The molecule has 3 nitrogen and oxygen atoms in total. The summed E-state index contributed by atoms with van der Waals surface area (Å²) in [4.78, 5) is 0. The third-order valence-electron chi connectivity index (χ3n) is 3.15. The second-order valence-corrected chi connectivity index (χ2v) is 4.62. The molecule has 0 amide bonds. The van der Waals surface area contributed by atoms with Crippen molar-refractivity contribution in [2.24, 2.45) is 0 Å². The summed E-state index contributed by atoms with van der Waals surface area (Å²) in [6.45, 7) is 4.70. The number of anilines is 1. The first-order valence-corrected chi connectivity index (χ1v) is 6.22. The minimum Gasteiger partial charge on any atom is -0.493 e. The van der Waals surface area contributed by atoms with Crippen molar-refractivity contribution in [2.45, 2.75) is 20.5 Å². The van der Waals surface area contributed by atoms with E-state index in [2.05, 4.69) is 32.0 Å². The molecule has 0 aliphatic rings. The number of benzene rings is 2. The fourth-order valence-electron chi connectivity index (χ4n) is 1.86. The zero-order chi connectivity index (χ0) is 13.8. The van der Waals surface area contributed by atoms with E-state index in [1.807, 2.05) is 6.07 Å². The van der Waals surface area contributed by atoms with Crippen molar-refractivity contribution in [3.8, 4) is 11.5 Å². The molecule has 0 aliphatic carbocycles. The summed E-state index contributed by atoms with van der Waals surface area (Å²) in [5, 5.41) is 0. The minimum atomic E-state index is 0.501. The maximum atomic E-state index is 5.78. The molecule has 2 aromatic rings. The maximum Gasteiger partial charge on any atom is 0.163 e. The van der Waals surface area contributed by atoms with Crippen LogP contribution in [0.2, 0.25) is 0 Å². The zero-order valence-electron chi connectivity index (χ0n) is 11.6. The van der Waals surface area contributed by atoms with E-state index in [1.165, 1.54) is 11.1 Å². The zero-order valence-corrected chi connectivity index (χ0v) is 11.6. The molecule has 0 spiro atoms. The quantitative estimate of drug-likeness (QED) is 0.853. The lowest BCUT2D eigenvalue weighted by Crippen LogP contribution is -1.99. The number of hydrogen-bond acceptors (Lipinski definition) is 3. The Labute approximate surface area is 114 Å². The highest BCUT2D eigenvalue weighted by molar-refractivity contribution is 5.52. The molecule has 0 atom stereocenters. The molecular weight excluding hydrogens is 238 g/mol. The van der Waals surface area contributed by atoms with Gasteiger partial charge in [0.05, 0.1) is 7.11 Å². The number of aryl methyl sites for hydroxylation is 2. The number of nitrogen functional groups attached to an aromatic ring is 1. The first-order valence-electron chi connectivity index (χ1n) is 6.22. The van der Waals surface area contributed by atoms with Crippen molar-refractivity contribution < 1.29 is 9.47 Å². The predicted molar refractivity (Wildman–Crippen MR) is 77.7 cm³/mol. The molecule has 2 rings (SSSR count). The van der Waals surface area contributed by atoms with Crippen LogP contribution in [0.5, 0.6) is 11.5 Å². The van der Waals surface area contributed by atoms with E-state index in [4.69, 9.17) is 15.2 Å². The van der Waals surface area contributed by atoms with Crippen molar-refractivity contribution in [2.75, 3.05) is 12.8 Å². The maximum absolute atomic E-state index is 5.78. The number of nitrogens with two attached hydrogens (primary N) is 1. The molecule has 0 heterocycles. The molecule has 0 fully saturated rings. The number of rotatable bonds is 4. The number of ether oxygens (including phenoxy) is 2. The van der Waals surface area contributed by atoms with Gasteiger partial charge in [-0.25, -0.2) is 0 Å². The Bertz CT molecular complexity index is 579. The Morgan fingerprint density at radius 3 is 2.42 bits per heavy atom. The van der Waals surface area contributed by atoms with Crippen molar-refractivity contribution in [1.82, 2.24) is 0 Å². The molecule has 0 aromatic heterocycles. The van der Waals surface area contributed by atoms with Crippen molar-refractivity contribution >= 4 is 5.69 Å². The molecule has 0 saturated carbocycles. The Morgan fingerprint density at radius 2 is 1.74 bits per heavy atom. The largest absolute Gasteiger partial charge is 0.493 e. The van der Waals surface area contributed by atoms with Crippen LogP contribution in [0.1, 0.15) is 16.7 Å². The third-order valence-corrected chi connectivity index (χ3v) is 3.15. The van der Waals surface area contributed by atoms with Gasteiger partial charge in [0, 0.05) is 11.8 Å². The Hall–Kier alpha value is -2.16. The van der Waals surface area contributed by atoms with Gasteiger partial charge in [0.15, 0.2) is 11.5 Å². The summed E-state index contributed by atoms with van der Waals surface area (Å²) in [5.41, 5.74) is 10.1. The van der Waals surface area contributed by atoms with Crippen LogP contribution in [0, 0.1) is 13.8 Å². The lowest BCUT2D eigenvalue weighted by Gasteiger charge is -2.12. The topological polar surface area (TPSA) is 44.5 Å². The molecule has 0 aliphatic heterocycles. The lowest BCUT2D eigenvalue weighted by molar-refractivity contribution is 0.284. The van der Waals surface area contributed by atoms with E-state index in [0.29, 0.717) is 23.8 Å². The number of methoxy groups -OCH3 is 1. The van der Waals surface area contributed by atoms with Crippen LogP contribution in [0.4, 0.5) is 5.69 Å². The van der Waals surface area contributed by atoms with Gasteiger partial charge in [-0.1, -0.05) is 18.2 Å². The Morgan fingerprint density at radius 1 is 0.947 bits per heavy atom. The summed E-state index contributed by atoms with van der Waals surface area (Å²) < 4.78 is 11.0. The minimum absolute atomic E-state index is 0.501. The smallest absolute Gasteiger partial charge is 0.163 e. The Balaban J connectivity index is 2.13. The fourth-order valence-corrected chi connectivity index (χ4v) is 1.86. The van der Waals surface area contributed by atoms with Crippen molar-refractivity contribution in [1.29, 1.82) is 0 Å².